The lowest BCUT2D eigenvalue weighted by Crippen LogP contribution is -2.40. The average molecular weight is 489 g/mol. The van der Waals surface area contributed by atoms with Crippen LogP contribution in [0.25, 0.3) is 0 Å². The first-order valence-corrected chi connectivity index (χ1v) is 12.2. The van der Waals surface area contributed by atoms with E-state index in [9.17, 15) is 4.79 Å². The molecule has 0 atom stereocenters. The van der Waals surface area contributed by atoms with E-state index in [1.54, 1.807) is 7.05 Å². The van der Waals surface area contributed by atoms with E-state index in [2.05, 4.69) is 28.2 Å². The number of amides is 1. The van der Waals surface area contributed by atoms with Crippen LogP contribution in [-0.4, -0.2) is 46.7 Å². The number of anilines is 1. The Kier molecular flexibility index (Phi) is 6.57. The number of aliphatic imine (C=N–C) groups is 1. The van der Waals surface area contributed by atoms with Crippen LogP contribution < -0.4 is 4.90 Å². The van der Waals surface area contributed by atoms with Gasteiger partial charge < -0.3 is 4.90 Å². The number of benzene rings is 2. The number of carbonyl (C=O) groups is 1. The van der Waals surface area contributed by atoms with E-state index >= 15 is 0 Å². The lowest BCUT2D eigenvalue weighted by molar-refractivity contribution is 0.234. The lowest BCUT2D eigenvalue weighted by Gasteiger charge is -2.35. The van der Waals surface area contributed by atoms with Crippen molar-refractivity contribution in [1.82, 2.24) is 5.01 Å². The number of halogens is 2. The second-order valence-corrected chi connectivity index (χ2v) is 10.8. The molecule has 2 aliphatic heterocycles. The smallest absolute Gasteiger partial charge is 0.302 e. The van der Waals surface area contributed by atoms with E-state index in [1.807, 2.05) is 39.0 Å². The fraction of sp³-hybridized carbons (Fsp3) is 0.375. The highest BCUT2D eigenvalue weighted by molar-refractivity contribution is 8.15. The molecular weight excluding hydrogens is 463 g/mol. The fourth-order valence-corrected chi connectivity index (χ4v) is 5.29. The molecule has 0 N–H and O–H groups in total. The van der Waals surface area contributed by atoms with Crippen LogP contribution in [0.2, 0.25) is 10.0 Å². The van der Waals surface area contributed by atoms with Crippen LogP contribution in [0.5, 0.6) is 0 Å². The van der Waals surface area contributed by atoms with Gasteiger partial charge in [-0.05, 0) is 75.1 Å². The average Bonchev–Trinajstić information content (AvgIpc) is 2.75. The zero-order chi connectivity index (χ0) is 23.0. The minimum Gasteiger partial charge on any atom is -0.326 e. The van der Waals surface area contributed by atoms with Gasteiger partial charge in [0.2, 0.25) is 0 Å². The first kappa shape index (κ1) is 23.1. The number of amidine groups is 1. The molecule has 4 rings (SSSR count). The van der Waals surface area contributed by atoms with Crippen LogP contribution in [0.3, 0.4) is 0 Å². The van der Waals surface area contributed by atoms with Gasteiger partial charge in [-0.1, -0.05) is 41.0 Å². The SMILES string of the molecule is CC/N=C(/c1ccc(Cl)c(Cl)c1)N1CCCc2cc(C3=NN(C)C(=O)SC3(C)C)ccc21. The van der Waals surface area contributed by atoms with Crippen molar-refractivity contribution in [3.05, 3.63) is 63.1 Å². The van der Waals surface area contributed by atoms with Crippen LogP contribution in [0.4, 0.5) is 10.5 Å². The predicted molar refractivity (Wildman–Crippen MR) is 137 cm³/mol. The van der Waals surface area contributed by atoms with Crippen LogP contribution >= 0.6 is 35.0 Å². The van der Waals surface area contributed by atoms with Crippen molar-refractivity contribution in [3.8, 4) is 0 Å². The summed E-state index contributed by atoms with van der Waals surface area (Å²) in [6, 6.07) is 12.1. The van der Waals surface area contributed by atoms with E-state index in [-0.39, 0.29) is 9.99 Å². The Bertz CT molecular complexity index is 1130. The molecule has 0 spiro atoms. The molecule has 0 fully saturated rings. The number of aryl methyl sites for hydroxylation is 1. The first-order valence-electron chi connectivity index (χ1n) is 10.7. The van der Waals surface area contributed by atoms with E-state index in [1.165, 1.54) is 22.3 Å². The summed E-state index contributed by atoms with van der Waals surface area (Å²) in [6.07, 6.45) is 2.00. The van der Waals surface area contributed by atoms with Crippen LogP contribution in [0.1, 0.15) is 43.9 Å². The molecule has 168 valence electrons. The van der Waals surface area contributed by atoms with E-state index in [0.29, 0.717) is 16.6 Å². The molecule has 0 radical (unpaired) electrons. The van der Waals surface area contributed by atoms with Crippen LogP contribution in [0, 0.1) is 0 Å². The highest BCUT2D eigenvalue weighted by Gasteiger charge is 2.37. The highest BCUT2D eigenvalue weighted by Crippen LogP contribution is 2.37. The minimum absolute atomic E-state index is 0.0371. The molecule has 32 heavy (non-hydrogen) atoms. The number of hydrazone groups is 1. The van der Waals surface area contributed by atoms with Gasteiger partial charge in [0.15, 0.2) is 0 Å². The van der Waals surface area contributed by atoms with E-state index < -0.39 is 0 Å². The quantitative estimate of drug-likeness (QED) is 0.366. The summed E-state index contributed by atoms with van der Waals surface area (Å²) in [5, 5.41) is 7.04. The van der Waals surface area contributed by atoms with Gasteiger partial charge in [-0.15, -0.1) is 0 Å². The van der Waals surface area contributed by atoms with Gasteiger partial charge in [-0.2, -0.15) is 5.10 Å². The molecule has 2 aromatic rings. The molecule has 0 saturated carbocycles. The van der Waals surface area contributed by atoms with Crippen molar-refractivity contribution in [2.45, 2.75) is 38.4 Å². The highest BCUT2D eigenvalue weighted by atomic mass is 35.5. The molecule has 2 heterocycles. The maximum atomic E-state index is 12.1. The Morgan fingerprint density at radius 1 is 1.19 bits per heavy atom. The number of fused-ring (bicyclic) bond motifs is 1. The monoisotopic (exact) mass is 488 g/mol. The normalized spacial score (nSPS) is 18.5. The molecule has 5 nitrogen and oxygen atoms in total. The Morgan fingerprint density at radius 3 is 2.69 bits per heavy atom. The molecule has 0 unspecified atom stereocenters. The molecule has 0 aromatic heterocycles. The zero-order valence-electron chi connectivity index (χ0n) is 18.7. The van der Waals surface area contributed by atoms with E-state index in [0.717, 1.165) is 47.7 Å². The lowest BCUT2D eigenvalue weighted by atomic mass is 9.93. The molecule has 2 aliphatic rings. The number of rotatable bonds is 3. The second-order valence-electron chi connectivity index (χ2n) is 8.38. The topological polar surface area (TPSA) is 48.3 Å². The standard InChI is InChI=1S/C24H26Cl2N4OS/c1-5-27-22(17-8-10-18(25)19(26)14-17)30-12-6-7-15-13-16(9-11-20(15)30)21-24(2,3)32-23(31)29(4)28-21/h8-11,13-14H,5-7,12H2,1-4H3/b27-22-. The van der Waals surface area contributed by atoms with Gasteiger partial charge in [-0.3, -0.25) is 9.79 Å². The van der Waals surface area contributed by atoms with Gasteiger partial charge in [-0.25, -0.2) is 5.01 Å². The summed E-state index contributed by atoms with van der Waals surface area (Å²) in [6.45, 7) is 7.67. The second kappa shape index (κ2) is 9.08. The number of nitrogens with zero attached hydrogens (tertiary/aromatic N) is 4. The first-order chi connectivity index (χ1) is 15.2. The molecule has 1 amide bonds. The summed E-state index contributed by atoms with van der Waals surface area (Å²) < 4.78 is -0.388. The Hall–Kier alpha value is -2.02. The van der Waals surface area contributed by atoms with Gasteiger partial charge in [0.05, 0.1) is 20.5 Å². The van der Waals surface area contributed by atoms with Gasteiger partial charge in [0.25, 0.3) is 0 Å². The summed E-state index contributed by atoms with van der Waals surface area (Å²) in [7, 11) is 1.70. The van der Waals surface area contributed by atoms with Gasteiger partial charge in [0.1, 0.15) is 5.84 Å². The van der Waals surface area contributed by atoms with Gasteiger partial charge in [0, 0.05) is 31.4 Å². The Morgan fingerprint density at radius 2 is 1.97 bits per heavy atom. The number of carbonyl (C=O) groups excluding carboxylic acids is 1. The molecule has 0 bridgehead atoms. The summed E-state index contributed by atoms with van der Waals surface area (Å²) in [5.41, 5.74) is 5.31. The molecule has 8 heteroatoms. The summed E-state index contributed by atoms with van der Waals surface area (Å²) in [4.78, 5) is 19.2. The van der Waals surface area contributed by atoms with Crippen molar-refractivity contribution in [3.63, 3.8) is 0 Å². The molecule has 0 aliphatic carbocycles. The zero-order valence-corrected chi connectivity index (χ0v) is 21.0. The third-order valence-corrected chi connectivity index (χ3v) is 7.52. The molecular formula is C24H26Cl2N4OS. The minimum atomic E-state index is -0.388. The third kappa shape index (κ3) is 4.41. The van der Waals surface area contributed by atoms with Crippen LogP contribution in [0.15, 0.2) is 46.5 Å². The van der Waals surface area contributed by atoms with Crippen molar-refractivity contribution in [2.24, 2.45) is 10.1 Å². The van der Waals surface area contributed by atoms with Crippen LogP contribution in [-0.2, 0) is 6.42 Å². The van der Waals surface area contributed by atoms with Crippen molar-refractivity contribution in [1.29, 1.82) is 0 Å². The maximum Gasteiger partial charge on any atom is 0.302 e. The number of hydrogen-bond donors (Lipinski definition) is 0. The maximum absolute atomic E-state index is 12.1. The Labute approximate surface area is 203 Å². The Balaban J connectivity index is 1.75. The fourth-order valence-electron chi connectivity index (χ4n) is 4.13. The molecule has 0 saturated heterocycles. The third-order valence-electron chi connectivity index (χ3n) is 5.64. The number of hydrogen-bond acceptors (Lipinski definition) is 4. The van der Waals surface area contributed by atoms with E-state index in [4.69, 9.17) is 28.2 Å². The van der Waals surface area contributed by atoms with Crippen molar-refractivity contribution >= 4 is 57.4 Å². The van der Waals surface area contributed by atoms with Crippen molar-refractivity contribution < 1.29 is 4.79 Å². The summed E-state index contributed by atoms with van der Waals surface area (Å²) in [5.74, 6) is 0.899. The van der Waals surface area contributed by atoms with Gasteiger partial charge >= 0.3 is 5.24 Å². The predicted octanol–water partition coefficient (Wildman–Crippen LogP) is 6.49. The largest absolute Gasteiger partial charge is 0.326 e. The summed E-state index contributed by atoms with van der Waals surface area (Å²) >= 11 is 13.8. The number of thioether (sulfide) groups is 1. The molecule has 2 aromatic carbocycles. The van der Waals surface area contributed by atoms with Crippen molar-refractivity contribution in [2.75, 3.05) is 25.0 Å².